The fourth-order valence-corrected chi connectivity index (χ4v) is 3.08. The summed E-state index contributed by atoms with van der Waals surface area (Å²) in [4.78, 5) is 9.80. The Bertz CT molecular complexity index is 671. The second-order valence-corrected chi connectivity index (χ2v) is 6.48. The highest BCUT2D eigenvalue weighted by atomic mass is 127. The summed E-state index contributed by atoms with van der Waals surface area (Å²) in [5.41, 5.74) is 0.616. The summed E-state index contributed by atoms with van der Waals surface area (Å²) in [6, 6.07) is 3.56. The lowest BCUT2D eigenvalue weighted by Gasteiger charge is -2.11. The average molecular weight is 480 g/mol. The van der Waals surface area contributed by atoms with Gasteiger partial charge < -0.3 is 10.6 Å². The van der Waals surface area contributed by atoms with Crippen LogP contribution in [0.5, 0.6) is 0 Å². The Hall–Kier alpha value is -1.29. The molecule has 0 saturated carbocycles. The largest absolute Gasteiger partial charge is 0.356 e. The van der Waals surface area contributed by atoms with Gasteiger partial charge in [0.15, 0.2) is 5.96 Å². The van der Waals surface area contributed by atoms with Crippen LogP contribution in [-0.2, 0) is 19.3 Å². The van der Waals surface area contributed by atoms with Gasteiger partial charge in [0.25, 0.3) is 0 Å². The highest BCUT2D eigenvalue weighted by Gasteiger charge is 2.03. The highest BCUT2D eigenvalue weighted by molar-refractivity contribution is 14.0. The molecule has 8 heteroatoms. The Morgan fingerprint density at radius 3 is 2.32 bits per heavy atom. The quantitative estimate of drug-likeness (QED) is 0.362. The molecule has 0 unspecified atom stereocenters. The van der Waals surface area contributed by atoms with Crippen LogP contribution in [-0.4, -0.2) is 31.1 Å². The van der Waals surface area contributed by atoms with E-state index in [0.29, 0.717) is 24.5 Å². The first-order valence-corrected chi connectivity index (χ1v) is 8.75. The van der Waals surface area contributed by atoms with Crippen molar-refractivity contribution in [2.45, 2.75) is 26.2 Å². The van der Waals surface area contributed by atoms with Gasteiger partial charge in [-0.15, -0.1) is 35.3 Å². The van der Waals surface area contributed by atoms with Crippen LogP contribution in [0, 0.1) is 11.6 Å². The summed E-state index contributed by atoms with van der Waals surface area (Å²) >= 11 is 1.73. The lowest BCUT2D eigenvalue weighted by molar-refractivity contribution is 0.579. The first-order valence-electron chi connectivity index (χ1n) is 7.93. The van der Waals surface area contributed by atoms with Gasteiger partial charge in [-0.05, 0) is 30.5 Å². The SMILES string of the molecule is CCc1cnc(CCNC(=NC)NCCc2cc(F)cc(F)c2)s1.I. The predicted molar refractivity (Wildman–Crippen MR) is 110 cm³/mol. The van der Waals surface area contributed by atoms with E-state index in [-0.39, 0.29) is 24.0 Å². The van der Waals surface area contributed by atoms with Crippen LogP contribution in [0.3, 0.4) is 0 Å². The maximum atomic E-state index is 13.1. The molecule has 4 nitrogen and oxygen atoms in total. The molecule has 138 valence electrons. The van der Waals surface area contributed by atoms with Crippen molar-refractivity contribution in [3.05, 3.63) is 51.5 Å². The van der Waals surface area contributed by atoms with Gasteiger partial charge in [-0.1, -0.05) is 6.92 Å². The van der Waals surface area contributed by atoms with Crippen LogP contribution in [0.15, 0.2) is 29.4 Å². The smallest absolute Gasteiger partial charge is 0.191 e. The van der Waals surface area contributed by atoms with E-state index in [1.165, 1.54) is 17.0 Å². The zero-order valence-corrected chi connectivity index (χ0v) is 17.5. The molecule has 0 aliphatic heterocycles. The summed E-state index contributed by atoms with van der Waals surface area (Å²) in [5.74, 6) is -0.441. The zero-order chi connectivity index (χ0) is 17.4. The van der Waals surface area contributed by atoms with Crippen molar-refractivity contribution in [1.29, 1.82) is 0 Å². The third-order valence-corrected chi connectivity index (χ3v) is 4.63. The molecule has 0 fully saturated rings. The van der Waals surface area contributed by atoms with Crippen molar-refractivity contribution in [2.75, 3.05) is 20.1 Å². The van der Waals surface area contributed by atoms with Gasteiger partial charge in [-0.25, -0.2) is 13.8 Å². The van der Waals surface area contributed by atoms with E-state index >= 15 is 0 Å². The number of aromatic nitrogens is 1. The Kier molecular flexibility index (Phi) is 9.88. The number of hydrogen-bond donors (Lipinski definition) is 2. The first kappa shape index (κ1) is 21.8. The molecule has 0 spiro atoms. The predicted octanol–water partition coefficient (Wildman–Crippen LogP) is 3.55. The maximum Gasteiger partial charge on any atom is 0.191 e. The fraction of sp³-hybridized carbons (Fsp3) is 0.412. The Labute approximate surface area is 168 Å². The standard InChI is InChI=1S/C17H22F2N4S.HI/c1-3-15-11-23-16(24-15)5-7-22-17(20-2)21-6-4-12-8-13(18)10-14(19)9-12;/h8-11H,3-7H2,1-2H3,(H2,20,21,22);1H. The Balaban J connectivity index is 0.00000312. The molecular weight excluding hydrogens is 457 g/mol. The van der Waals surface area contributed by atoms with Crippen molar-refractivity contribution in [2.24, 2.45) is 4.99 Å². The molecule has 2 N–H and O–H groups in total. The number of hydrogen-bond acceptors (Lipinski definition) is 3. The number of thiazole rings is 1. The van der Waals surface area contributed by atoms with Crippen LogP contribution in [0.2, 0.25) is 0 Å². The Morgan fingerprint density at radius 1 is 1.12 bits per heavy atom. The number of aryl methyl sites for hydroxylation is 1. The molecule has 0 radical (unpaired) electrons. The van der Waals surface area contributed by atoms with Crippen molar-refractivity contribution in [3.63, 3.8) is 0 Å². The third-order valence-electron chi connectivity index (χ3n) is 3.43. The van der Waals surface area contributed by atoms with Crippen LogP contribution in [0.1, 0.15) is 22.4 Å². The first-order chi connectivity index (χ1) is 11.6. The van der Waals surface area contributed by atoms with Gasteiger partial charge in [0.2, 0.25) is 0 Å². The molecule has 1 heterocycles. The van der Waals surface area contributed by atoms with Gasteiger partial charge in [-0.2, -0.15) is 0 Å². The molecular formula is C17H23F2IN4S. The van der Waals surface area contributed by atoms with E-state index in [2.05, 4.69) is 27.5 Å². The summed E-state index contributed by atoms with van der Waals surface area (Å²) in [6.45, 7) is 3.39. The van der Waals surface area contributed by atoms with Crippen molar-refractivity contribution in [1.82, 2.24) is 15.6 Å². The van der Waals surface area contributed by atoms with E-state index in [4.69, 9.17) is 0 Å². The van der Waals surface area contributed by atoms with Crippen molar-refractivity contribution >= 4 is 41.3 Å². The minimum Gasteiger partial charge on any atom is -0.356 e. The number of nitrogens with zero attached hydrogens (tertiary/aromatic N) is 2. The van der Waals surface area contributed by atoms with Gasteiger partial charge in [0.1, 0.15) is 11.6 Å². The summed E-state index contributed by atoms with van der Waals surface area (Å²) in [7, 11) is 1.69. The molecule has 1 aromatic carbocycles. The summed E-state index contributed by atoms with van der Waals surface area (Å²) < 4.78 is 26.3. The van der Waals surface area contributed by atoms with Crippen molar-refractivity contribution < 1.29 is 8.78 Å². The Morgan fingerprint density at radius 2 is 1.76 bits per heavy atom. The molecule has 0 saturated heterocycles. The number of halogens is 3. The van der Waals surface area contributed by atoms with Crippen LogP contribution < -0.4 is 10.6 Å². The summed E-state index contributed by atoms with van der Waals surface area (Å²) in [6.07, 6.45) is 4.28. The normalized spacial score (nSPS) is 11.1. The lowest BCUT2D eigenvalue weighted by Crippen LogP contribution is -2.39. The number of benzene rings is 1. The van der Waals surface area contributed by atoms with E-state index in [1.807, 2.05) is 6.20 Å². The minimum atomic E-state index is -0.553. The van der Waals surface area contributed by atoms with Crippen LogP contribution in [0.4, 0.5) is 8.78 Å². The second kappa shape index (κ2) is 11.3. The van der Waals surface area contributed by atoms with Crippen LogP contribution >= 0.6 is 35.3 Å². The molecule has 0 aliphatic rings. The van der Waals surface area contributed by atoms with Gasteiger partial charge in [0.05, 0.1) is 5.01 Å². The van der Waals surface area contributed by atoms with Gasteiger partial charge >= 0.3 is 0 Å². The van der Waals surface area contributed by atoms with Gasteiger partial charge in [-0.3, -0.25) is 4.99 Å². The maximum absolute atomic E-state index is 13.1. The highest BCUT2D eigenvalue weighted by Crippen LogP contribution is 2.13. The van der Waals surface area contributed by atoms with E-state index in [9.17, 15) is 8.78 Å². The monoisotopic (exact) mass is 480 g/mol. The lowest BCUT2D eigenvalue weighted by atomic mass is 10.1. The molecule has 2 rings (SSSR count). The molecule has 25 heavy (non-hydrogen) atoms. The molecule has 0 amide bonds. The topological polar surface area (TPSA) is 49.3 Å². The molecule has 0 bridgehead atoms. The summed E-state index contributed by atoms with van der Waals surface area (Å²) in [5, 5.41) is 7.45. The average Bonchev–Trinajstić information content (AvgIpc) is 3.00. The number of aliphatic imine (C=N–C) groups is 1. The zero-order valence-electron chi connectivity index (χ0n) is 14.3. The van der Waals surface area contributed by atoms with E-state index in [1.54, 1.807) is 18.4 Å². The van der Waals surface area contributed by atoms with Gasteiger partial charge in [0, 0.05) is 43.7 Å². The third kappa shape index (κ3) is 7.64. The number of guanidine groups is 1. The van der Waals surface area contributed by atoms with Crippen molar-refractivity contribution in [3.8, 4) is 0 Å². The fourth-order valence-electron chi connectivity index (χ4n) is 2.22. The molecule has 2 aromatic rings. The second-order valence-electron chi connectivity index (χ2n) is 5.28. The molecule has 0 aliphatic carbocycles. The molecule has 0 atom stereocenters. The number of rotatable bonds is 7. The molecule has 1 aromatic heterocycles. The number of nitrogens with one attached hydrogen (secondary N) is 2. The van der Waals surface area contributed by atoms with Crippen LogP contribution in [0.25, 0.3) is 0 Å². The van der Waals surface area contributed by atoms with E-state index < -0.39 is 11.6 Å². The van der Waals surface area contributed by atoms with E-state index in [0.717, 1.165) is 30.5 Å². The minimum absolute atomic E-state index is 0.